The molecule has 2 aromatic carbocycles. The minimum absolute atomic E-state index is 0.499. The molecular weight excluding hydrogens is 364 g/mol. The Balaban J connectivity index is 1.44. The molecule has 162 valence electrons. The van der Waals surface area contributed by atoms with Gasteiger partial charge in [-0.3, -0.25) is 4.99 Å². The van der Waals surface area contributed by atoms with Crippen molar-refractivity contribution in [2.45, 2.75) is 70.6 Å². The molecule has 0 aromatic heterocycles. The van der Waals surface area contributed by atoms with E-state index in [0.29, 0.717) is 11.8 Å². The van der Waals surface area contributed by atoms with Crippen molar-refractivity contribution >= 4 is 6.34 Å². The van der Waals surface area contributed by atoms with Gasteiger partial charge in [-0.15, -0.1) is 0 Å². The SMILES string of the molecule is CCCCCCCCC/N=C/N1CCC(C(c2ccccc2)c2ccccc2)CC1. The van der Waals surface area contributed by atoms with Gasteiger partial charge in [0, 0.05) is 25.6 Å². The maximum absolute atomic E-state index is 4.72. The van der Waals surface area contributed by atoms with Gasteiger partial charge in [0.15, 0.2) is 0 Å². The summed E-state index contributed by atoms with van der Waals surface area (Å²) in [5.41, 5.74) is 2.91. The number of benzene rings is 2. The third kappa shape index (κ3) is 7.31. The van der Waals surface area contributed by atoms with Crippen molar-refractivity contribution in [2.24, 2.45) is 10.9 Å². The molecule has 0 bridgehead atoms. The van der Waals surface area contributed by atoms with Crippen molar-refractivity contribution < 1.29 is 0 Å². The monoisotopic (exact) mass is 404 g/mol. The lowest BCUT2D eigenvalue weighted by molar-refractivity contribution is 0.254. The zero-order chi connectivity index (χ0) is 20.9. The maximum Gasteiger partial charge on any atom is 0.0849 e. The Labute approximate surface area is 184 Å². The Morgan fingerprint density at radius 2 is 1.33 bits per heavy atom. The highest BCUT2D eigenvalue weighted by atomic mass is 15.1. The van der Waals surface area contributed by atoms with Gasteiger partial charge in [-0.25, -0.2) is 0 Å². The van der Waals surface area contributed by atoms with Crippen molar-refractivity contribution in [2.75, 3.05) is 19.6 Å². The predicted molar refractivity (Wildman–Crippen MR) is 130 cm³/mol. The van der Waals surface area contributed by atoms with Crippen molar-refractivity contribution in [3.05, 3.63) is 71.8 Å². The first kappa shape index (κ1) is 22.6. The summed E-state index contributed by atoms with van der Waals surface area (Å²) in [4.78, 5) is 7.15. The highest BCUT2D eigenvalue weighted by Gasteiger charge is 2.28. The predicted octanol–water partition coefficient (Wildman–Crippen LogP) is 7.31. The van der Waals surface area contributed by atoms with E-state index in [9.17, 15) is 0 Å². The highest BCUT2D eigenvalue weighted by Crippen LogP contribution is 2.37. The van der Waals surface area contributed by atoms with Crippen LogP contribution < -0.4 is 0 Å². The molecule has 3 rings (SSSR count). The van der Waals surface area contributed by atoms with E-state index in [0.717, 1.165) is 19.6 Å². The van der Waals surface area contributed by atoms with E-state index in [4.69, 9.17) is 4.99 Å². The molecule has 0 N–H and O–H groups in total. The number of aliphatic imine (C=N–C) groups is 1. The zero-order valence-corrected chi connectivity index (χ0v) is 18.9. The van der Waals surface area contributed by atoms with Crippen molar-refractivity contribution in [1.29, 1.82) is 0 Å². The molecule has 0 amide bonds. The Bertz CT molecular complexity index is 662. The van der Waals surface area contributed by atoms with Crippen LogP contribution in [0.25, 0.3) is 0 Å². The molecule has 1 fully saturated rings. The summed E-state index contributed by atoms with van der Waals surface area (Å²) >= 11 is 0. The van der Waals surface area contributed by atoms with E-state index in [2.05, 4.69) is 78.8 Å². The molecule has 0 aliphatic carbocycles. The summed E-state index contributed by atoms with van der Waals surface area (Å²) in [6.07, 6.45) is 14.1. The molecule has 30 heavy (non-hydrogen) atoms. The Morgan fingerprint density at radius 1 is 0.800 bits per heavy atom. The van der Waals surface area contributed by atoms with Crippen LogP contribution in [-0.2, 0) is 0 Å². The van der Waals surface area contributed by atoms with E-state index < -0.39 is 0 Å². The van der Waals surface area contributed by atoms with Crippen LogP contribution in [-0.4, -0.2) is 30.9 Å². The van der Waals surface area contributed by atoms with Crippen molar-refractivity contribution in [3.63, 3.8) is 0 Å². The number of nitrogens with zero attached hydrogens (tertiary/aromatic N) is 2. The largest absolute Gasteiger partial charge is 0.363 e. The van der Waals surface area contributed by atoms with Crippen LogP contribution in [0, 0.1) is 5.92 Å². The summed E-state index contributed by atoms with van der Waals surface area (Å²) in [6, 6.07) is 22.1. The minimum atomic E-state index is 0.499. The molecule has 0 unspecified atom stereocenters. The second-order valence-electron chi connectivity index (χ2n) is 8.82. The molecule has 0 atom stereocenters. The van der Waals surface area contributed by atoms with Gasteiger partial charge in [0.1, 0.15) is 0 Å². The third-order valence-corrected chi connectivity index (χ3v) is 6.50. The van der Waals surface area contributed by atoms with E-state index in [1.54, 1.807) is 0 Å². The van der Waals surface area contributed by atoms with Crippen LogP contribution in [0.3, 0.4) is 0 Å². The molecule has 2 heteroatoms. The third-order valence-electron chi connectivity index (χ3n) is 6.50. The van der Waals surface area contributed by atoms with Gasteiger partial charge in [-0.1, -0.05) is 106 Å². The Kier molecular flexibility index (Phi) is 9.99. The average molecular weight is 405 g/mol. The van der Waals surface area contributed by atoms with Gasteiger partial charge < -0.3 is 4.90 Å². The van der Waals surface area contributed by atoms with E-state index in [1.165, 1.54) is 68.9 Å². The van der Waals surface area contributed by atoms with Crippen molar-refractivity contribution in [3.8, 4) is 0 Å². The number of piperidine rings is 1. The Hall–Kier alpha value is -2.09. The molecule has 2 nitrogen and oxygen atoms in total. The summed E-state index contributed by atoms with van der Waals surface area (Å²) in [5, 5.41) is 0. The van der Waals surface area contributed by atoms with Crippen LogP contribution in [0.4, 0.5) is 0 Å². The lowest BCUT2D eigenvalue weighted by Crippen LogP contribution is -2.35. The van der Waals surface area contributed by atoms with E-state index in [1.807, 2.05) is 0 Å². The van der Waals surface area contributed by atoms with Gasteiger partial charge in [0.25, 0.3) is 0 Å². The molecule has 0 radical (unpaired) electrons. The molecule has 0 spiro atoms. The van der Waals surface area contributed by atoms with Gasteiger partial charge >= 0.3 is 0 Å². The molecule has 1 heterocycles. The summed E-state index contributed by atoms with van der Waals surface area (Å²) in [7, 11) is 0. The molecule has 1 saturated heterocycles. The molecule has 1 aliphatic rings. The average Bonchev–Trinajstić information content (AvgIpc) is 2.81. The number of hydrogen-bond acceptors (Lipinski definition) is 1. The second kappa shape index (κ2) is 13.3. The van der Waals surface area contributed by atoms with Crippen LogP contribution in [0.15, 0.2) is 65.7 Å². The smallest absolute Gasteiger partial charge is 0.0849 e. The number of likely N-dealkylation sites (tertiary alicyclic amines) is 1. The molecule has 1 aliphatic heterocycles. The first-order chi connectivity index (χ1) is 14.9. The number of unbranched alkanes of at least 4 members (excludes halogenated alkanes) is 6. The van der Waals surface area contributed by atoms with E-state index in [-0.39, 0.29) is 0 Å². The van der Waals surface area contributed by atoms with Crippen LogP contribution >= 0.6 is 0 Å². The summed E-state index contributed by atoms with van der Waals surface area (Å²) < 4.78 is 0. The standard InChI is InChI=1S/C28H40N2/c1-2-3-4-5-6-7-14-21-29-24-30-22-19-27(20-23-30)28(25-15-10-8-11-16-25)26-17-12-9-13-18-26/h8-13,15-18,24,27-28H,2-7,14,19-23H2,1H3/b29-24+. The second-order valence-corrected chi connectivity index (χ2v) is 8.82. The van der Waals surface area contributed by atoms with Crippen LogP contribution in [0.1, 0.15) is 81.8 Å². The summed E-state index contributed by atoms with van der Waals surface area (Å²) in [5.74, 6) is 1.20. The first-order valence-electron chi connectivity index (χ1n) is 12.2. The van der Waals surface area contributed by atoms with Gasteiger partial charge in [-0.2, -0.15) is 0 Å². The molecule has 2 aromatic rings. The molecular formula is C28H40N2. The zero-order valence-electron chi connectivity index (χ0n) is 18.9. The lowest BCUT2D eigenvalue weighted by Gasteiger charge is -2.36. The number of hydrogen-bond donors (Lipinski definition) is 0. The van der Waals surface area contributed by atoms with Crippen LogP contribution in [0.2, 0.25) is 0 Å². The van der Waals surface area contributed by atoms with Crippen LogP contribution in [0.5, 0.6) is 0 Å². The quantitative estimate of drug-likeness (QED) is 0.206. The topological polar surface area (TPSA) is 15.6 Å². The highest BCUT2D eigenvalue weighted by molar-refractivity contribution is 5.55. The van der Waals surface area contributed by atoms with E-state index >= 15 is 0 Å². The van der Waals surface area contributed by atoms with Gasteiger partial charge in [0.05, 0.1) is 6.34 Å². The van der Waals surface area contributed by atoms with Gasteiger partial charge in [0.2, 0.25) is 0 Å². The lowest BCUT2D eigenvalue weighted by atomic mass is 9.76. The minimum Gasteiger partial charge on any atom is -0.363 e. The fraction of sp³-hybridized carbons (Fsp3) is 0.536. The fourth-order valence-corrected chi connectivity index (χ4v) is 4.76. The normalized spacial score (nSPS) is 15.3. The van der Waals surface area contributed by atoms with Crippen molar-refractivity contribution in [1.82, 2.24) is 4.90 Å². The van der Waals surface area contributed by atoms with Gasteiger partial charge in [-0.05, 0) is 36.3 Å². The maximum atomic E-state index is 4.72. The fourth-order valence-electron chi connectivity index (χ4n) is 4.76. The Morgan fingerprint density at radius 3 is 1.90 bits per heavy atom. The molecule has 0 saturated carbocycles. The number of rotatable bonds is 12. The first-order valence-corrected chi connectivity index (χ1v) is 12.2. The summed E-state index contributed by atoms with van der Waals surface area (Å²) in [6.45, 7) is 5.52.